The molecule has 1 N–H and O–H groups in total. The zero-order chi connectivity index (χ0) is 10.6. The molecule has 1 heterocycles. The molecule has 0 aromatic heterocycles. The van der Waals surface area contributed by atoms with Gasteiger partial charge < -0.3 is 14.6 Å². The molecular weight excluding hydrogens is 184 g/mol. The Kier molecular flexibility index (Phi) is 3.89. The smallest absolute Gasteiger partial charge is 0.335 e. The van der Waals surface area contributed by atoms with E-state index in [1.807, 2.05) is 0 Å². The highest BCUT2D eigenvalue weighted by molar-refractivity contribution is 5.76. The minimum atomic E-state index is -1.11. The average molecular weight is 202 g/mol. The summed E-state index contributed by atoms with van der Waals surface area (Å²) in [6.45, 7) is 4.06. The number of hydrogen-bond acceptors (Lipinski definition) is 3. The number of hydrogen-bond donors (Lipinski definition) is 1. The van der Waals surface area contributed by atoms with Crippen LogP contribution in [0.5, 0.6) is 0 Å². The number of rotatable bonds is 4. The Morgan fingerprint density at radius 1 is 1.64 bits per heavy atom. The fourth-order valence-corrected chi connectivity index (χ4v) is 1.38. The first-order chi connectivity index (χ1) is 6.58. The van der Waals surface area contributed by atoms with Gasteiger partial charge in [0.05, 0.1) is 0 Å². The monoisotopic (exact) mass is 202 g/mol. The maximum atomic E-state index is 10.9. The molecule has 1 aliphatic rings. The van der Waals surface area contributed by atoms with E-state index in [0.717, 1.165) is 19.3 Å². The van der Waals surface area contributed by atoms with Crippen molar-refractivity contribution in [3.05, 3.63) is 0 Å². The second-order valence-electron chi connectivity index (χ2n) is 3.80. The Hall–Kier alpha value is -0.610. The van der Waals surface area contributed by atoms with Gasteiger partial charge in [-0.15, -0.1) is 0 Å². The molecule has 0 aromatic rings. The van der Waals surface area contributed by atoms with Crippen molar-refractivity contribution >= 4 is 5.97 Å². The molecule has 4 nitrogen and oxygen atoms in total. The lowest BCUT2D eigenvalue weighted by molar-refractivity contribution is -0.228. The van der Waals surface area contributed by atoms with Crippen LogP contribution in [0.3, 0.4) is 0 Å². The fraction of sp³-hybridized carbons (Fsp3) is 0.900. The Morgan fingerprint density at radius 3 is 2.79 bits per heavy atom. The molecule has 0 amide bonds. The number of carboxylic acids is 1. The molecule has 14 heavy (non-hydrogen) atoms. The van der Waals surface area contributed by atoms with Gasteiger partial charge in [-0.2, -0.15) is 0 Å². The third kappa shape index (κ3) is 2.69. The molecule has 1 rings (SSSR count). The molecule has 0 spiro atoms. The molecule has 1 saturated heterocycles. The predicted octanol–water partition coefficient (Wildman–Crippen LogP) is 1.78. The summed E-state index contributed by atoms with van der Waals surface area (Å²) in [4.78, 5) is 10.9. The van der Waals surface area contributed by atoms with Crippen LogP contribution in [0.1, 0.15) is 39.5 Å². The van der Waals surface area contributed by atoms with Gasteiger partial charge in [-0.3, -0.25) is 0 Å². The van der Waals surface area contributed by atoms with Crippen LogP contribution in [0, 0.1) is 0 Å². The summed E-state index contributed by atoms with van der Waals surface area (Å²) in [6, 6.07) is 0. The van der Waals surface area contributed by atoms with Crippen LogP contribution in [0.4, 0.5) is 0 Å². The predicted molar refractivity (Wildman–Crippen MR) is 51.0 cm³/mol. The van der Waals surface area contributed by atoms with E-state index >= 15 is 0 Å². The minimum Gasteiger partial charge on any atom is -0.479 e. The molecule has 1 aliphatic heterocycles. The second-order valence-corrected chi connectivity index (χ2v) is 3.80. The van der Waals surface area contributed by atoms with E-state index in [1.165, 1.54) is 0 Å². The maximum absolute atomic E-state index is 10.9. The molecule has 0 radical (unpaired) electrons. The zero-order valence-electron chi connectivity index (χ0n) is 8.78. The summed E-state index contributed by atoms with van der Waals surface area (Å²) in [5.74, 6) is -0.922. The standard InChI is InChI=1S/C10H18O4/c1-3-10(2,9(11)12)14-8-6-4-5-7-13-8/h8H,3-7H2,1-2H3,(H,11,12)/t8-,10?/m0/s1. The number of carboxylic acid groups (broad SMARTS) is 1. The van der Waals surface area contributed by atoms with Crippen molar-refractivity contribution in [2.45, 2.75) is 51.4 Å². The van der Waals surface area contributed by atoms with E-state index < -0.39 is 11.6 Å². The van der Waals surface area contributed by atoms with Crippen LogP contribution < -0.4 is 0 Å². The average Bonchev–Trinajstić information content (AvgIpc) is 2.19. The molecule has 0 aromatic carbocycles. The van der Waals surface area contributed by atoms with Gasteiger partial charge in [0.25, 0.3) is 0 Å². The van der Waals surface area contributed by atoms with Crippen molar-refractivity contribution in [3.8, 4) is 0 Å². The van der Waals surface area contributed by atoms with Crippen LogP contribution in [0.25, 0.3) is 0 Å². The normalized spacial score (nSPS) is 26.9. The summed E-state index contributed by atoms with van der Waals surface area (Å²) >= 11 is 0. The SMILES string of the molecule is CCC(C)(O[C@H]1CCCCO1)C(=O)O. The van der Waals surface area contributed by atoms with Crippen LogP contribution >= 0.6 is 0 Å². The van der Waals surface area contributed by atoms with Crippen molar-refractivity contribution in [2.24, 2.45) is 0 Å². The van der Waals surface area contributed by atoms with E-state index in [2.05, 4.69) is 0 Å². The lowest BCUT2D eigenvalue weighted by atomic mass is 10.0. The molecule has 4 heteroatoms. The molecule has 0 saturated carbocycles. The van der Waals surface area contributed by atoms with Crippen LogP contribution in [-0.4, -0.2) is 29.6 Å². The second kappa shape index (κ2) is 4.75. The van der Waals surface area contributed by atoms with Crippen molar-refractivity contribution in [1.82, 2.24) is 0 Å². The summed E-state index contributed by atoms with van der Waals surface area (Å²) in [6.07, 6.45) is 2.98. The van der Waals surface area contributed by atoms with E-state index in [1.54, 1.807) is 13.8 Å². The highest BCUT2D eigenvalue weighted by Gasteiger charge is 2.35. The Labute approximate surface area is 84.2 Å². The quantitative estimate of drug-likeness (QED) is 0.755. The van der Waals surface area contributed by atoms with E-state index in [-0.39, 0.29) is 6.29 Å². The summed E-state index contributed by atoms with van der Waals surface area (Å²) in [5, 5.41) is 8.98. The molecule has 2 atom stereocenters. The molecule has 0 aliphatic carbocycles. The van der Waals surface area contributed by atoms with Gasteiger partial charge in [0, 0.05) is 6.61 Å². The topological polar surface area (TPSA) is 55.8 Å². The first-order valence-corrected chi connectivity index (χ1v) is 5.11. The fourth-order valence-electron chi connectivity index (χ4n) is 1.38. The summed E-state index contributed by atoms with van der Waals surface area (Å²) < 4.78 is 10.8. The first kappa shape index (κ1) is 11.5. The van der Waals surface area contributed by atoms with Crippen LogP contribution in [0.15, 0.2) is 0 Å². The largest absolute Gasteiger partial charge is 0.479 e. The third-order valence-corrected chi connectivity index (χ3v) is 2.66. The van der Waals surface area contributed by atoms with E-state index in [0.29, 0.717) is 13.0 Å². The molecule has 82 valence electrons. The summed E-state index contributed by atoms with van der Waals surface area (Å²) in [5.41, 5.74) is -1.11. The number of carbonyl (C=O) groups is 1. The van der Waals surface area contributed by atoms with Gasteiger partial charge in [0.2, 0.25) is 0 Å². The van der Waals surface area contributed by atoms with Crippen LogP contribution in [0.2, 0.25) is 0 Å². The highest BCUT2D eigenvalue weighted by atomic mass is 16.7. The van der Waals surface area contributed by atoms with E-state index in [9.17, 15) is 4.79 Å². The first-order valence-electron chi connectivity index (χ1n) is 5.11. The third-order valence-electron chi connectivity index (χ3n) is 2.66. The Balaban J connectivity index is 2.50. The van der Waals surface area contributed by atoms with Crippen molar-refractivity contribution in [3.63, 3.8) is 0 Å². The Bertz CT molecular complexity index is 198. The number of ether oxygens (including phenoxy) is 2. The van der Waals surface area contributed by atoms with Crippen molar-refractivity contribution in [2.75, 3.05) is 6.61 Å². The van der Waals surface area contributed by atoms with Crippen molar-refractivity contribution in [1.29, 1.82) is 0 Å². The maximum Gasteiger partial charge on any atom is 0.335 e. The Morgan fingerprint density at radius 2 is 2.36 bits per heavy atom. The summed E-state index contributed by atoms with van der Waals surface area (Å²) in [7, 11) is 0. The molecule has 0 bridgehead atoms. The van der Waals surface area contributed by atoms with Gasteiger partial charge in [-0.25, -0.2) is 4.79 Å². The molecule has 1 unspecified atom stereocenters. The lowest BCUT2D eigenvalue weighted by Crippen LogP contribution is -2.42. The van der Waals surface area contributed by atoms with Gasteiger partial charge >= 0.3 is 5.97 Å². The molecule has 1 fully saturated rings. The van der Waals surface area contributed by atoms with Crippen LogP contribution in [-0.2, 0) is 14.3 Å². The zero-order valence-corrected chi connectivity index (χ0v) is 8.78. The van der Waals surface area contributed by atoms with E-state index in [4.69, 9.17) is 14.6 Å². The van der Waals surface area contributed by atoms with Crippen molar-refractivity contribution < 1.29 is 19.4 Å². The van der Waals surface area contributed by atoms with Gasteiger partial charge in [0.1, 0.15) is 0 Å². The minimum absolute atomic E-state index is 0.343. The van der Waals surface area contributed by atoms with Gasteiger partial charge in [-0.1, -0.05) is 6.92 Å². The van der Waals surface area contributed by atoms with Gasteiger partial charge in [0.15, 0.2) is 11.9 Å². The molecular formula is C10H18O4. The highest BCUT2D eigenvalue weighted by Crippen LogP contribution is 2.23. The lowest BCUT2D eigenvalue weighted by Gasteiger charge is -2.31. The van der Waals surface area contributed by atoms with Gasteiger partial charge in [-0.05, 0) is 32.6 Å². The number of aliphatic carboxylic acids is 1.